The van der Waals surface area contributed by atoms with Crippen molar-refractivity contribution in [3.8, 4) is 0 Å². The van der Waals surface area contributed by atoms with Gasteiger partial charge in [0.05, 0.1) is 0 Å². The van der Waals surface area contributed by atoms with Crippen LogP contribution in [-0.2, 0) is 28.8 Å². The van der Waals surface area contributed by atoms with Gasteiger partial charge in [-0.1, -0.05) is 202 Å². The van der Waals surface area contributed by atoms with Gasteiger partial charge in [-0.2, -0.15) is 0 Å². The molecule has 0 aromatic carbocycles. The van der Waals surface area contributed by atoms with Crippen LogP contribution in [0.3, 0.4) is 0 Å². The Morgan fingerprint density at radius 1 is 0.216 bits per heavy atom. The van der Waals surface area contributed by atoms with Crippen molar-refractivity contribution in [3.05, 3.63) is 0 Å². The molecule has 0 bridgehead atoms. The summed E-state index contributed by atoms with van der Waals surface area (Å²) in [6.45, 7) is 39.6. The van der Waals surface area contributed by atoms with E-state index < -0.39 is 35.8 Å². The topological polar surface area (TPSA) is 241 Å². The largest absolute Gasteiger partial charge is 3.00 e. The molecule has 0 saturated carbocycles. The normalized spacial score (nSPS) is 11.3. The fourth-order valence-electron chi connectivity index (χ4n) is 6.61. The Labute approximate surface area is 477 Å². The number of carboxylic acids is 6. The number of carboxylic acid groups (broad SMARTS) is 6. The maximum Gasteiger partial charge on any atom is 3.00 e. The Morgan fingerprint density at radius 2 is 0.311 bits per heavy atom. The Hall–Kier alpha value is -2.23. The van der Waals surface area contributed by atoms with Crippen LogP contribution in [-0.4, -0.2) is 70.4 Å². The molecular formula is C60H114BBiO12. The van der Waals surface area contributed by atoms with Crippen LogP contribution in [0.1, 0.15) is 317 Å². The second-order valence-corrected chi connectivity index (χ2v) is 27.0. The summed E-state index contributed by atoms with van der Waals surface area (Å²) in [6.07, 6.45) is 25.6. The Kier molecular flexibility index (Phi) is 61.5. The molecule has 14 heteroatoms. The van der Waals surface area contributed by atoms with Gasteiger partial charge in [0, 0.05) is 35.8 Å². The zero-order valence-electron chi connectivity index (χ0n) is 51.1. The SMILES string of the molecule is CC(C)(C)CCCCCC(=O)[O-].CC(C)(C)CCCCCC(=O)[O-].CC(C)(C)CCCCCC(=O)[O-].CC(C)(C)CCCCCC(=O)[O-].CC(C)(C)CCCCCC(=O)[O-].CC(C)(C)CCCCCC(=O)[O-].[B+3].[Bi+3]. The zero-order valence-corrected chi connectivity index (χ0v) is 54.6. The van der Waals surface area contributed by atoms with Gasteiger partial charge >= 0.3 is 34.6 Å². The molecule has 0 unspecified atom stereocenters. The maximum absolute atomic E-state index is 10.0. The molecule has 74 heavy (non-hydrogen) atoms. The molecule has 12 nitrogen and oxygen atoms in total. The molecule has 0 atom stereocenters. The van der Waals surface area contributed by atoms with E-state index in [1.165, 1.54) is 38.5 Å². The van der Waals surface area contributed by atoms with Gasteiger partial charge in [0.1, 0.15) is 0 Å². The van der Waals surface area contributed by atoms with Crippen molar-refractivity contribution in [1.82, 2.24) is 0 Å². The Balaban J connectivity index is -0.000000117. The molecule has 0 aromatic rings. The van der Waals surface area contributed by atoms with E-state index >= 15 is 0 Å². The quantitative estimate of drug-likeness (QED) is 0.0482. The molecule has 0 aliphatic rings. The predicted molar refractivity (Wildman–Crippen MR) is 297 cm³/mol. The number of aliphatic carboxylic acids is 6. The molecule has 0 N–H and O–H groups in total. The number of carbonyl (C=O) groups is 6. The standard InChI is InChI=1S/6C10H20O2.B.Bi/c6*1-10(2,3)8-6-4-5-7-9(11)12;;/h6*4-8H2,1-3H3,(H,11,12);;/q;;;;;;2*+3/p-6. The van der Waals surface area contributed by atoms with Gasteiger partial charge in [-0.25, -0.2) is 0 Å². The number of hydrogen-bond donors (Lipinski definition) is 0. The molecule has 0 fully saturated rings. The molecule has 0 spiro atoms. The smallest absolute Gasteiger partial charge is 0.550 e. The van der Waals surface area contributed by atoms with Crippen LogP contribution in [0.5, 0.6) is 0 Å². The monoisotopic (exact) mass is 1250 g/mol. The van der Waals surface area contributed by atoms with Crippen LogP contribution in [0.25, 0.3) is 0 Å². The molecule has 0 aliphatic heterocycles. The van der Waals surface area contributed by atoms with E-state index in [1.54, 1.807) is 0 Å². The van der Waals surface area contributed by atoms with Crippen LogP contribution in [0.2, 0.25) is 0 Å². The molecule has 0 saturated heterocycles. The Bertz CT molecular complexity index is 1080. The number of unbranched alkanes of at least 4 members (excludes halogenated alkanes) is 12. The third-order valence-corrected chi connectivity index (χ3v) is 10.8. The van der Waals surface area contributed by atoms with E-state index in [-0.39, 0.29) is 73.1 Å². The minimum absolute atomic E-state index is 0. The first-order valence-electron chi connectivity index (χ1n) is 27.7. The van der Waals surface area contributed by atoms with Crippen LogP contribution >= 0.6 is 0 Å². The predicted octanol–water partition coefficient (Wildman–Crippen LogP) is 9.64. The molecular weight excluding hydrogens is 1130 g/mol. The van der Waals surface area contributed by atoms with E-state index in [1.807, 2.05) is 0 Å². The maximum atomic E-state index is 10.0. The van der Waals surface area contributed by atoms with Gasteiger partial charge in [0.2, 0.25) is 0 Å². The zero-order chi connectivity index (χ0) is 57.7. The molecule has 0 aromatic heterocycles. The van der Waals surface area contributed by atoms with Crippen molar-refractivity contribution in [1.29, 1.82) is 0 Å². The van der Waals surface area contributed by atoms with Gasteiger partial charge in [-0.05, 0) is 148 Å². The van der Waals surface area contributed by atoms with E-state index in [4.69, 9.17) is 0 Å². The summed E-state index contributed by atoms with van der Waals surface area (Å²) >= 11 is 0. The van der Waals surface area contributed by atoms with Crippen molar-refractivity contribution in [2.75, 3.05) is 0 Å². The van der Waals surface area contributed by atoms with Crippen molar-refractivity contribution in [3.63, 3.8) is 0 Å². The van der Waals surface area contributed by atoms with Crippen molar-refractivity contribution < 1.29 is 59.4 Å². The molecule has 2 radical (unpaired) electrons. The summed E-state index contributed by atoms with van der Waals surface area (Å²) < 4.78 is 0. The summed E-state index contributed by atoms with van der Waals surface area (Å²) in [7, 11) is 0. The number of carbonyl (C=O) groups excluding carboxylic acids is 6. The van der Waals surface area contributed by atoms with Crippen LogP contribution < -0.4 is 30.6 Å². The summed E-state index contributed by atoms with van der Waals surface area (Å²) in [6, 6.07) is 0. The fourth-order valence-corrected chi connectivity index (χ4v) is 6.61. The minimum Gasteiger partial charge on any atom is -0.550 e. The third-order valence-electron chi connectivity index (χ3n) is 10.8. The average Bonchev–Trinajstić information content (AvgIpc) is 3.15. The van der Waals surface area contributed by atoms with Gasteiger partial charge in [0.25, 0.3) is 0 Å². The third kappa shape index (κ3) is 123. The molecule has 0 rings (SSSR count). The molecule has 0 amide bonds. The van der Waals surface area contributed by atoms with Crippen LogP contribution in [0.15, 0.2) is 0 Å². The summed E-state index contributed by atoms with van der Waals surface area (Å²) in [5.41, 5.74) is 2.26. The first-order valence-corrected chi connectivity index (χ1v) is 27.7. The first-order chi connectivity index (χ1) is 32.5. The second kappa shape index (κ2) is 51.5. The van der Waals surface area contributed by atoms with Gasteiger partial charge < -0.3 is 59.4 Å². The summed E-state index contributed by atoms with van der Waals surface area (Å²) in [5, 5.41) is 60.3. The fraction of sp³-hybridized carbons (Fsp3) is 0.900. The number of hydrogen-bond acceptors (Lipinski definition) is 12. The Morgan fingerprint density at radius 3 is 0.378 bits per heavy atom. The molecule has 434 valence electrons. The van der Waals surface area contributed by atoms with Crippen LogP contribution in [0, 0.1) is 32.5 Å². The van der Waals surface area contributed by atoms with E-state index in [9.17, 15) is 59.4 Å². The van der Waals surface area contributed by atoms with Gasteiger partial charge in [-0.3, -0.25) is 0 Å². The second-order valence-electron chi connectivity index (χ2n) is 27.0. The van der Waals surface area contributed by atoms with E-state index in [0.29, 0.717) is 32.5 Å². The van der Waals surface area contributed by atoms with Gasteiger partial charge in [-0.15, -0.1) is 0 Å². The minimum atomic E-state index is -0.925. The first kappa shape index (κ1) is 88.4. The molecule has 0 aliphatic carbocycles. The van der Waals surface area contributed by atoms with Crippen molar-refractivity contribution >= 4 is 70.4 Å². The summed E-state index contributed by atoms with van der Waals surface area (Å²) in [4.78, 5) is 60.3. The molecule has 0 heterocycles. The van der Waals surface area contributed by atoms with Crippen molar-refractivity contribution in [2.24, 2.45) is 32.5 Å². The summed E-state index contributed by atoms with van der Waals surface area (Å²) in [5.74, 6) is -5.55. The van der Waals surface area contributed by atoms with Crippen LogP contribution in [0.4, 0.5) is 0 Å². The van der Waals surface area contributed by atoms with Crippen molar-refractivity contribution in [2.45, 2.75) is 317 Å². The van der Waals surface area contributed by atoms with E-state index in [2.05, 4.69) is 125 Å². The van der Waals surface area contributed by atoms with Gasteiger partial charge in [0.15, 0.2) is 0 Å². The average molecular weight is 1250 g/mol. The van der Waals surface area contributed by atoms with E-state index in [0.717, 1.165) is 116 Å². The number of rotatable bonds is 30.